The SMILES string of the molecule is O=S(=O)(NCCCn1ccc2ccccc21)N1CCOCC1. The Bertz CT molecular complexity index is 720. The van der Waals surface area contributed by atoms with Crippen LogP contribution in [0, 0.1) is 0 Å². The van der Waals surface area contributed by atoms with E-state index in [1.807, 2.05) is 18.3 Å². The first-order valence-corrected chi connectivity index (χ1v) is 8.97. The first kappa shape index (κ1) is 15.5. The van der Waals surface area contributed by atoms with Gasteiger partial charge in [-0.1, -0.05) is 18.2 Å². The maximum Gasteiger partial charge on any atom is 0.279 e. The van der Waals surface area contributed by atoms with Crippen molar-refractivity contribution >= 4 is 21.1 Å². The number of hydrogen-bond acceptors (Lipinski definition) is 3. The summed E-state index contributed by atoms with van der Waals surface area (Å²) in [6.07, 6.45) is 2.80. The lowest BCUT2D eigenvalue weighted by Gasteiger charge is -2.26. The lowest BCUT2D eigenvalue weighted by atomic mass is 10.2. The maximum atomic E-state index is 12.1. The van der Waals surface area contributed by atoms with Crippen LogP contribution >= 0.6 is 0 Å². The molecule has 0 amide bonds. The molecule has 1 aromatic heterocycles. The van der Waals surface area contributed by atoms with Gasteiger partial charge >= 0.3 is 0 Å². The average molecular weight is 323 g/mol. The van der Waals surface area contributed by atoms with Crippen LogP contribution in [0.2, 0.25) is 0 Å². The van der Waals surface area contributed by atoms with Crippen LogP contribution in [0.3, 0.4) is 0 Å². The first-order chi connectivity index (χ1) is 10.7. The number of hydrogen-bond donors (Lipinski definition) is 1. The summed E-state index contributed by atoms with van der Waals surface area (Å²) >= 11 is 0. The maximum absolute atomic E-state index is 12.1. The third kappa shape index (κ3) is 3.49. The van der Waals surface area contributed by atoms with Gasteiger partial charge in [0.2, 0.25) is 0 Å². The number of nitrogens with one attached hydrogen (secondary N) is 1. The number of ether oxygens (including phenoxy) is 1. The molecule has 6 nitrogen and oxygen atoms in total. The van der Waals surface area contributed by atoms with Crippen molar-refractivity contribution in [2.75, 3.05) is 32.8 Å². The molecule has 1 saturated heterocycles. The smallest absolute Gasteiger partial charge is 0.279 e. The Hall–Kier alpha value is -1.41. The lowest BCUT2D eigenvalue weighted by molar-refractivity contribution is 0.0725. The van der Waals surface area contributed by atoms with Crippen molar-refractivity contribution in [1.29, 1.82) is 0 Å². The molecule has 1 aromatic carbocycles. The molecule has 1 aliphatic heterocycles. The molecule has 7 heteroatoms. The van der Waals surface area contributed by atoms with Crippen LogP contribution in [-0.2, 0) is 21.5 Å². The summed E-state index contributed by atoms with van der Waals surface area (Å²) in [6, 6.07) is 10.3. The van der Waals surface area contributed by atoms with Gasteiger partial charge in [-0.2, -0.15) is 12.7 Å². The van der Waals surface area contributed by atoms with Gasteiger partial charge in [0.25, 0.3) is 10.2 Å². The third-order valence-corrected chi connectivity index (χ3v) is 5.46. The minimum atomic E-state index is -3.37. The van der Waals surface area contributed by atoms with Crippen LogP contribution in [0.1, 0.15) is 6.42 Å². The van der Waals surface area contributed by atoms with Crippen molar-refractivity contribution in [2.24, 2.45) is 0 Å². The largest absolute Gasteiger partial charge is 0.379 e. The van der Waals surface area contributed by atoms with Crippen LogP contribution in [0.5, 0.6) is 0 Å². The molecule has 1 aliphatic rings. The summed E-state index contributed by atoms with van der Waals surface area (Å²) in [5, 5.41) is 1.20. The molecule has 2 aromatic rings. The monoisotopic (exact) mass is 323 g/mol. The Kier molecular flexibility index (Phi) is 4.77. The summed E-state index contributed by atoms with van der Waals surface area (Å²) in [7, 11) is -3.37. The van der Waals surface area contributed by atoms with Gasteiger partial charge in [0.05, 0.1) is 13.2 Å². The second kappa shape index (κ2) is 6.78. The molecule has 2 heterocycles. The Morgan fingerprint density at radius 3 is 2.73 bits per heavy atom. The van der Waals surface area contributed by atoms with E-state index < -0.39 is 10.2 Å². The van der Waals surface area contributed by atoms with Crippen molar-refractivity contribution < 1.29 is 13.2 Å². The van der Waals surface area contributed by atoms with Crippen LogP contribution < -0.4 is 4.72 Å². The molecule has 3 rings (SSSR count). The predicted octanol–water partition coefficient (Wildman–Crippen LogP) is 1.20. The molecule has 0 spiro atoms. The van der Waals surface area contributed by atoms with Gasteiger partial charge in [-0.05, 0) is 23.9 Å². The molecule has 0 saturated carbocycles. The number of aromatic nitrogens is 1. The quantitative estimate of drug-likeness (QED) is 0.813. The minimum Gasteiger partial charge on any atom is -0.379 e. The number of morpholine rings is 1. The molecular formula is C15H21N3O3S. The van der Waals surface area contributed by atoms with E-state index in [2.05, 4.69) is 27.5 Å². The summed E-state index contributed by atoms with van der Waals surface area (Å²) in [5.74, 6) is 0. The predicted molar refractivity (Wildman–Crippen MR) is 85.9 cm³/mol. The van der Waals surface area contributed by atoms with E-state index in [-0.39, 0.29) is 0 Å². The molecule has 120 valence electrons. The van der Waals surface area contributed by atoms with Gasteiger partial charge in [-0.25, -0.2) is 4.72 Å². The van der Waals surface area contributed by atoms with Gasteiger partial charge in [-0.15, -0.1) is 0 Å². The second-order valence-electron chi connectivity index (χ2n) is 5.33. The van der Waals surface area contributed by atoms with E-state index in [0.717, 1.165) is 13.0 Å². The summed E-state index contributed by atoms with van der Waals surface area (Å²) in [5.41, 5.74) is 1.18. The fourth-order valence-corrected chi connectivity index (χ4v) is 3.88. The summed E-state index contributed by atoms with van der Waals surface area (Å²) < 4.78 is 35.7. The fraction of sp³-hybridized carbons (Fsp3) is 0.467. The third-order valence-electron chi connectivity index (χ3n) is 3.85. The van der Waals surface area contributed by atoms with E-state index in [0.29, 0.717) is 32.8 Å². The Morgan fingerprint density at radius 2 is 1.91 bits per heavy atom. The van der Waals surface area contributed by atoms with Crippen LogP contribution in [-0.4, -0.2) is 50.1 Å². The van der Waals surface area contributed by atoms with E-state index in [9.17, 15) is 8.42 Å². The van der Waals surface area contributed by atoms with Crippen LogP contribution in [0.15, 0.2) is 36.5 Å². The second-order valence-corrected chi connectivity index (χ2v) is 7.09. The first-order valence-electron chi connectivity index (χ1n) is 7.53. The van der Waals surface area contributed by atoms with Gasteiger partial charge in [0.15, 0.2) is 0 Å². The normalized spacial score (nSPS) is 17.1. The molecule has 0 bridgehead atoms. The highest BCUT2D eigenvalue weighted by molar-refractivity contribution is 7.87. The van der Waals surface area contributed by atoms with Gasteiger partial charge in [-0.3, -0.25) is 0 Å². The Balaban J connectivity index is 1.51. The zero-order valence-electron chi connectivity index (χ0n) is 12.4. The highest BCUT2D eigenvalue weighted by Crippen LogP contribution is 2.15. The van der Waals surface area contributed by atoms with E-state index in [1.54, 1.807) is 0 Å². The minimum absolute atomic E-state index is 0.428. The molecular weight excluding hydrogens is 302 g/mol. The molecule has 0 radical (unpaired) electrons. The highest BCUT2D eigenvalue weighted by Gasteiger charge is 2.23. The Labute approximate surface area is 130 Å². The number of benzene rings is 1. The van der Waals surface area contributed by atoms with Gasteiger partial charge < -0.3 is 9.30 Å². The number of aryl methyl sites for hydroxylation is 1. The average Bonchev–Trinajstić information content (AvgIpc) is 2.96. The van der Waals surface area contributed by atoms with Crippen molar-refractivity contribution in [3.05, 3.63) is 36.5 Å². The molecule has 1 N–H and O–H groups in total. The standard InChI is InChI=1S/C15H21N3O3S/c19-22(20,18-10-12-21-13-11-18)16-7-3-8-17-9-6-14-4-1-2-5-15(14)17/h1-2,4-6,9,16H,3,7-8,10-13H2. The summed E-state index contributed by atoms with van der Waals surface area (Å²) in [4.78, 5) is 0. The van der Waals surface area contributed by atoms with Crippen molar-refractivity contribution in [3.8, 4) is 0 Å². The van der Waals surface area contributed by atoms with Crippen LogP contribution in [0.4, 0.5) is 0 Å². The molecule has 1 fully saturated rings. The fourth-order valence-electron chi connectivity index (χ4n) is 2.66. The molecule has 0 atom stereocenters. The van der Waals surface area contributed by atoms with Crippen molar-refractivity contribution in [3.63, 3.8) is 0 Å². The topological polar surface area (TPSA) is 63.6 Å². The van der Waals surface area contributed by atoms with E-state index in [1.165, 1.54) is 15.2 Å². The van der Waals surface area contributed by atoms with Gasteiger partial charge in [0.1, 0.15) is 0 Å². The molecule has 0 aliphatic carbocycles. The zero-order valence-corrected chi connectivity index (χ0v) is 13.3. The van der Waals surface area contributed by atoms with E-state index >= 15 is 0 Å². The molecule has 0 unspecified atom stereocenters. The lowest BCUT2D eigenvalue weighted by Crippen LogP contribution is -2.46. The number of para-hydroxylation sites is 1. The number of rotatable bonds is 6. The molecule has 22 heavy (non-hydrogen) atoms. The zero-order chi connectivity index (χ0) is 15.4. The van der Waals surface area contributed by atoms with E-state index in [4.69, 9.17) is 4.74 Å². The van der Waals surface area contributed by atoms with Crippen molar-refractivity contribution in [1.82, 2.24) is 13.6 Å². The van der Waals surface area contributed by atoms with Gasteiger partial charge in [0, 0.05) is 37.9 Å². The Morgan fingerprint density at radius 1 is 1.14 bits per heavy atom. The number of fused-ring (bicyclic) bond motifs is 1. The van der Waals surface area contributed by atoms with Crippen LogP contribution in [0.25, 0.3) is 10.9 Å². The summed E-state index contributed by atoms with van der Waals surface area (Å²) in [6.45, 7) is 3.02. The van der Waals surface area contributed by atoms with Crippen molar-refractivity contribution in [2.45, 2.75) is 13.0 Å². The number of nitrogens with zero attached hydrogens (tertiary/aromatic N) is 2. The highest BCUT2D eigenvalue weighted by atomic mass is 32.2.